The highest BCUT2D eigenvalue weighted by molar-refractivity contribution is 5.69. The molecular weight excluding hydrogens is 260 g/mol. The van der Waals surface area contributed by atoms with Crippen LogP contribution in [0.25, 0.3) is 0 Å². The van der Waals surface area contributed by atoms with Crippen molar-refractivity contribution in [3.63, 3.8) is 0 Å². The standard InChI is InChI=1S/C17H24N4/c1-20(2)17-10-6-5-9-16(17)18-13-14-11-12-21(19-14)15-7-3-4-8-15/h5-6,9-12,15,18H,3-4,7-8,13H2,1-2H3. The zero-order valence-electron chi connectivity index (χ0n) is 12.9. The van der Waals surface area contributed by atoms with Crippen LogP contribution in [0.5, 0.6) is 0 Å². The predicted octanol–water partition coefficient (Wildman–Crippen LogP) is 3.68. The van der Waals surface area contributed by atoms with E-state index in [1.165, 1.54) is 31.4 Å². The van der Waals surface area contributed by atoms with Crippen LogP contribution in [0.3, 0.4) is 0 Å². The molecule has 1 aliphatic rings. The van der Waals surface area contributed by atoms with Crippen LogP contribution in [0.15, 0.2) is 36.5 Å². The minimum absolute atomic E-state index is 0.618. The summed E-state index contributed by atoms with van der Waals surface area (Å²) < 4.78 is 2.15. The molecule has 0 radical (unpaired) electrons. The molecule has 0 amide bonds. The second-order valence-electron chi connectivity index (χ2n) is 5.99. The van der Waals surface area contributed by atoms with Gasteiger partial charge in [0.25, 0.3) is 0 Å². The fourth-order valence-electron chi connectivity index (χ4n) is 3.04. The fraction of sp³-hybridized carbons (Fsp3) is 0.471. The van der Waals surface area contributed by atoms with E-state index in [-0.39, 0.29) is 0 Å². The number of anilines is 2. The van der Waals surface area contributed by atoms with Gasteiger partial charge in [-0.05, 0) is 31.0 Å². The number of nitrogens with zero attached hydrogens (tertiary/aromatic N) is 3. The Bertz CT molecular complexity index is 582. The highest BCUT2D eigenvalue weighted by atomic mass is 15.3. The van der Waals surface area contributed by atoms with Crippen molar-refractivity contribution in [1.82, 2.24) is 9.78 Å². The van der Waals surface area contributed by atoms with Crippen molar-refractivity contribution in [3.8, 4) is 0 Å². The summed E-state index contributed by atoms with van der Waals surface area (Å²) in [6.07, 6.45) is 7.36. The molecule has 1 heterocycles. The van der Waals surface area contributed by atoms with E-state index >= 15 is 0 Å². The van der Waals surface area contributed by atoms with Gasteiger partial charge in [-0.1, -0.05) is 25.0 Å². The molecule has 1 N–H and O–H groups in total. The molecule has 1 aliphatic carbocycles. The number of rotatable bonds is 5. The van der Waals surface area contributed by atoms with Gasteiger partial charge in [0.05, 0.1) is 29.7 Å². The zero-order chi connectivity index (χ0) is 14.7. The molecule has 4 nitrogen and oxygen atoms in total. The summed E-state index contributed by atoms with van der Waals surface area (Å²) >= 11 is 0. The highest BCUT2D eigenvalue weighted by Gasteiger charge is 2.17. The maximum atomic E-state index is 4.72. The number of aromatic nitrogens is 2. The Morgan fingerprint density at radius 1 is 1.19 bits per heavy atom. The first-order valence-electron chi connectivity index (χ1n) is 7.78. The maximum absolute atomic E-state index is 4.72. The predicted molar refractivity (Wildman–Crippen MR) is 87.8 cm³/mol. The van der Waals surface area contributed by atoms with E-state index < -0.39 is 0 Å². The van der Waals surface area contributed by atoms with Crippen molar-refractivity contribution >= 4 is 11.4 Å². The van der Waals surface area contributed by atoms with Gasteiger partial charge >= 0.3 is 0 Å². The molecule has 0 unspecified atom stereocenters. The lowest BCUT2D eigenvalue weighted by Gasteiger charge is -2.18. The van der Waals surface area contributed by atoms with E-state index in [2.05, 4.69) is 65.5 Å². The molecular formula is C17H24N4. The van der Waals surface area contributed by atoms with Crippen LogP contribution in [0.4, 0.5) is 11.4 Å². The van der Waals surface area contributed by atoms with Crippen LogP contribution < -0.4 is 10.2 Å². The molecule has 4 heteroatoms. The summed E-state index contributed by atoms with van der Waals surface area (Å²) in [7, 11) is 4.13. The Morgan fingerprint density at radius 3 is 2.71 bits per heavy atom. The molecule has 2 aromatic rings. The summed E-state index contributed by atoms with van der Waals surface area (Å²) in [5, 5.41) is 8.22. The Hall–Kier alpha value is -1.97. The van der Waals surface area contributed by atoms with Crippen LogP contribution >= 0.6 is 0 Å². The van der Waals surface area contributed by atoms with Gasteiger partial charge in [-0.2, -0.15) is 5.10 Å². The normalized spacial score (nSPS) is 15.3. The Kier molecular flexibility index (Phi) is 4.13. The number of nitrogens with one attached hydrogen (secondary N) is 1. The summed E-state index contributed by atoms with van der Waals surface area (Å²) in [5.41, 5.74) is 3.46. The van der Waals surface area contributed by atoms with Crippen LogP contribution in [0.2, 0.25) is 0 Å². The SMILES string of the molecule is CN(C)c1ccccc1NCc1ccn(C2CCCC2)n1. The molecule has 0 spiro atoms. The van der Waals surface area contributed by atoms with Crippen molar-refractivity contribution in [2.24, 2.45) is 0 Å². The molecule has 0 bridgehead atoms. The highest BCUT2D eigenvalue weighted by Crippen LogP contribution is 2.29. The van der Waals surface area contributed by atoms with Crippen molar-refractivity contribution < 1.29 is 0 Å². The van der Waals surface area contributed by atoms with Gasteiger partial charge in [-0.25, -0.2) is 0 Å². The Morgan fingerprint density at radius 2 is 1.95 bits per heavy atom. The van der Waals surface area contributed by atoms with E-state index in [4.69, 9.17) is 5.10 Å². The largest absolute Gasteiger partial charge is 0.378 e. The lowest BCUT2D eigenvalue weighted by Crippen LogP contribution is -2.12. The van der Waals surface area contributed by atoms with E-state index in [0.29, 0.717) is 6.04 Å². The minimum atomic E-state index is 0.618. The van der Waals surface area contributed by atoms with Crippen molar-refractivity contribution in [3.05, 3.63) is 42.2 Å². The summed E-state index contributed by atoms with van der Waals surface area (Å²) in [6, 6.07) is 11.1. The van der Waals surface area contributed by atoms with Crippen LogP contribution in [0.1, 0.15) is 37.4 Å². The van der Waals surface area contributed by atoms with Gasteiger partial charge in [-0.3, -0.25) is 4.68 Å². The van der Waals surface area contributed by atoms with E-state index in [9.17, 15) is 0 Å². The maximum Gasteiger partial charge on any atom is 0.0815 e. The van der Waals surface area contributed by atoms with Crippen LogP contribution in [0, 0.1) is 0 Å². The van der Waals surface area contributed by atoms with E-state index in [0.717, 1.165) is 17.9 Å². The van der Waals surface area contributed by atoms with Crippen molar-refractivity contribution in [2.75, 3.05) is 24.3 Å². The van der Waals surface area contributed by atoms with E-state index in [1.807, 2.05) is 0 Å². The average molecular weight is 284 g/mol. The molecule has 0 saturated heterocycles. The topological polar surface area (TPSA) is 33.1 Å². The minimum Gasteiger partial charge on any atom is -0.378 e. The zero-order valence-corrected chi connectivity index (χ0v) is 12.9. The third kappa shape index (κ3) is 3.20. The van der Waals surface area contributed by atoms with Crippen LogP contribution in [-0.2, 0) is 6.54 Å². The number of hydrogen-bond acceptors (Lipinski definition) is 3. The smallest absolute Gasteiger partial charge is 0.0815 e. The summed E-state index contributed by atoms with van der Waals surface area (Å²) in [5.74, 6) is 0. The summed E-state index contributed by atoms with van der Waals surface area (Å²) in [4.78, 5) is 2.12. The second-order valence-corrected chi connectivity index (χ2v) is 5.99. The molecule has 1 saturated carbocycles. The first-order valence-corrected chi connectivity index (χ1v) is 7.78. The van der Waals surface area contributed by atoms with Gasteiger partial charge in [0.2, 0.25) is 0 Å². The average Bonchev–Trinajstić information content (AvgIpc) is 3.16. The number of para-hydroxylation sites is 2. The third-order valence-electron chi connectivity index (χ3n) is 4.21. The molecule has 3 rings (SSSR count). The molecule has 21 heavy (non-hydrogen) atoms. The number of hydrogen-bond donors (Lipinski definition) is 1. The monoisotopic (exact) mass is 284 g/mol. The third-order valence-corrected chi connectivity index (χ3v) is 4.21. The molecule has 1 fully saturated rings. The van der Waals surface area contributed by atoms with E-state index in [1.54, 1.807) is 0 Å². The molecule has 112 valence electrons. The Labute approximate surface area is 126 Å². The van der Waals surface area contributed by atoms with Gasteiger partial charge < -0.3 is 10.2 Å². The Balaban J connectivity index is 1.65. The second kappa shape index (κ2) is 6.20. The number of benzene rings is 1. The van der Waals surface area contributed by atoms with Crippen molar-refractivity contribution in [1.29, 1.82) is 0 Å². The molecule has 0 atom stereocenters. The quantitative estimate of drug-likeness (QED) is 0.909. The van der Waals surface area contributed by atoms with Gasteiger partial charge in [0.1, 0.15) is 0 Å². The van der Waals surface area contributed by atoms with Gasteiger partial charge in [0.15, 0.2) is 0 Å². The van der Waals surface area contributed by atoms with Crippen molar-refractivity contribution in [2.45, 2.75) is 38.3 Å². The molecule has 0 aliphatic heterocycles. The lowest BCUT2D eigenvalue weighted by atomic mass is 10.2. The molecule has 1 aromatic heterocycles. The first kappa shape index (κ1) is 14.0. The lowest BCUT2D eigenvalue weighted by molar-refractivity contribution is 0.463. The van der Waals surface area contributed by atoms with Gasteiger partial charge in [0, 0.05) is 20.3 Å². The first-order chi connectivity index (χ1) is 10.2. The van der Waals surface area contributed by atoms with Crippen LogP contribution in [-0.4, -0.2) is 23.9 Å². The summed E-state index contributed by atoms with van der Waals surface area (Å²) in [6.45, 7) is 0.768. The van der Waals surface area contributed by atoms with Gasteiger partial charge in [-0.15, -0.1) is 0 Å². The fourth-order valence-corrected chi connectivity index (χ4v) is 3.04. The molecule has 1 aromatic carbocycles.